The first-order valence-corrected chi connectivity index (χ1v) is 10.4. The Bertz CT molecular complexity index is 1200. The Morgan fingerprint density at radius 3 is 2.58 bits per heavy atom. The van der Waals surface area contributed by atoms with Crippen molar-refractivity contribution >= 4 is 45.7 Å². The molecule has 6 nitrogen and oxygen atoms in total. The molecular weight excluding hydrogens is 414 g/mol. The van der Waals surface area contributed by atoms with Gasteiger partial charge in [0.15, 0.2) is 0 Å². The van der Waals surface area contributed by atoms with E-state index < -0.39 is 23.7 Å². The summed E-state index contributed by atoms with van der Waals surface area (Å²) in [5.74, 6) is -0.582. The van der Waals surface area contributed by atoms with Crippen LogP contribution in [0.1, 0.15) is 11.1 Å². The topological polar surface area (TPSA) is 72.9 Å². The lowest BCUT2D eigenvalue weighted by Gasteiger charge is -2.12. The standard InChI is InChI=1S/C24H19NO5S/c1-29-22(26)14-25-23(27)21(31-24(25)28)13-17-8-3-5-12-20(17)30-15-18-10-6-9-16-7-2-4-11-19(16)18/h2-13H,14-15H2,1H3/b21-13-. The first-order chi connectivity index (χ1) is 15.1. The Kier molecular flexibility index (Phi) is 6.04. The molecule has 156 valence electrons. The van der Waals surface area contributed by atoms with Crippen molar-refractivity contribution in [1.82, 2.24) is 4.90 Å². The summed E-state index contributed by atoms with van der Waals surface area (Å²) in [7, 11) is 1.21. The van der Waals surface area contributed by atoms with Crippen LogP contribution in [0.15, 0.2) is 71.6 Å². The molecule has 4 rings (SSSR count). The third-order valence-corrected chi connectivity index (χ3v) is 5.76. The van der Waals surface area contributed by atoms with Gasteiger partial charge in [-0.2, -0.15) is 0 Å². The highest BCUT2D eigenvalue weighted by molar-refractivity contribution is 8.18. The van der Waals surface area contributed by atoms with Crippen LogP contribution in [-0.4, -0.2) is 35.7 Å². The summed E-state index contributed by atoms with van der Waals surface area (Å²) in [6, 6.07) is 21.5. The summed E-state index contributed by atoms with van der Waals surface area (Å²) in [6.07, 6.45) is 1.61. The second-order valence-corrected chi connectivity index (χ2v) is 7.80. The lowest BCUT2D eigenvalue weighted by molar-refractivity contribution is -0.143. The number of ether oxygens (including phenoxy) is 2. The van der Waals surface area contributed by atoms with Gasteiger partial charge in [0.1, 0.15) is 18.9 Å². The maximum atomic E-state index is 12.6. The van der Waals surface area contributed by atoms with E-state index in [0.29, 0.717) is 17.9 Å². The number of imide groups is 1. The number of para-hydroxylation sites is 1. The molecule has 1 heterocycles. The van der Waals surface area contributed by atoms with Crippen molar-refractivity contribution in [2.75, 3.05) is 13.7 Å². The Morgan fingerprint density at radius 1 is 1.00 bits per heavy atom. The molecule has 3 aromatic carbocycles. The lowest BCUT2D eigenvalue weighted by Crippen LogP contribution is -2.34. The molecule has 1 fully saturated rings. The SMILES string of the molecule is COC(=O)CN1C(=O)S/C(=C\c2ccccc2OCc2cccc3ccccc23)C1=O. The van der Waals surface area contributed by atoms with Crippen LogP contribution >= 0.6 is 11.8 Å². The lowest BCUT2D eigenvalue weighted by atomic mass is 10.1. The number of methoxy groups -OCH3 is 1. The summed E-state index contributed by atoms with van der Waals surface area (Å²) >= 11 is 0.789. The highest BCUT2D eigenvalue weighted by Crippen LogP contribution is 2.34. The molecule has 0 unspecified atom stereocenters. The highest BCUT2D eigenvalue weighted by atomic mass is 32.2. The van der Waals surface area contributed by atoms with E-state index in [0.717, 1.165) is 33.0 Å². The van der Waals surface area contributed by atoms with Gasteiger partial charge in [-0.1, -0.05) is 60.7 Å². The number of carbonyl (C=O) groups excluding carboxylic acids is 3. The van der Waals surface area contributed by atoms with Gasteiger partial charge in [-0.25, -0.2) is 0 Å². The number of hydrogen-bond acceptors (Lipinski definition) is 6. The summed E-state index contributed by atoms with van der Waals surface area (Å²) < 4.78 is 10.6. The minimum atomic E-state index is -0.651. The second kappa shape index (κ2) is 9.06. The van der Waals surface area contributed by atoms with Crippen LogP contribution in [0, 0.1) is 0 Å². The van der Waals surface area contributed by atoms with Crippen LogP contribution in [0.25, 0.3) is 16.8 Å². The average molecular weight is 433 g/mol. The summed E-state index contributed by atoms with van der Waals surface area (Å²) in [5.41, 5.74) is 1.72. The minimum absolute atomic E-state index is 0.232. The van der Waals surface area contributed by atoms with E-state index in [-0.39, 0.29) is 4.91 Å². The zero-order chi connectivity index (χ0) is 21.8. The molecule has 31 heavy (non-hydrogen) atoms. The second-order valence-electron chi connectivity index (χ2n) is 6.81. The number of nitrogens with zero attached hydrogens (tertiary/aromatic N) is 1. The molecule has 2 amide bonds. The quantitative estimate of drug-likeness (QED) is 0.417. The Morgan fingerprint density at radius 2 is 1.74 bits per heavy atom. The molecule has 0 atom stereocenters. The fourth-order valence-corrected chi connectivity index (χ4v) is 4.11. The van der Waals surface area contributed by atoms with E-state index in [1.807, 2.05) is 48.5 Å². The molecular formula is C24H19NO5S. The maximum absolute atomic E-state index is 12.6. The molecule has 0 radical (unpaired) electrons. The fourth-order valence-electron chi connectivity index (χ4n) is 3.28. The monoisotopic (exact) mass is 433 g/mol. The average Bonchev–Trinajstić information content (AvgIpc) is 3.05. The van der Waals surface area contributed by atoms with E-state index in [2.05, 4.69) is 22.9 Å². The minimum Gasteiger partial charge on any atom is -0.488 e. The van der Waals surface area contributed by atoms with Gasteiger partial charge in [0, 0.05) is 5.56 Å². The molecule has 0 aliphatic carbocycles. The van der Waals surface area contributed by atoms with Crippen molar-refractivity contribution < 1.29 is 23.9 Å². The Hall–Kier alpha value is -3.58. The normalized spacial score (nSPS) is 15.0. The van der Waals surface area contributed by atoms with Gasteiger partial charge in [0.25, 0.3) is 11.1 Å². The summed E-state index contributed by atoms with van der Waals surface area (Å²) in [4.78, 5) is 37.3. The number of rotatable bonds is 6. The molecule has 1 saturated heterocycles. The molecule has 0 bridgehead atoms. The van der Waals surface area contributed by atoms with Gasteiger partial charge in [-0.3, -0.25) is 19.3 Å². The third kappa shape index (κ3) is 4.46. The number of esters is 1. The number of carbonyl (C=O) groups is 3. The van der Waals surface area contributed by atoms with Crippen LogP contribution in [0.3, 0.4) is 0 Å². The predicted molar refractivity (Wildman–Crippen MR) is 119 cm³/mol. The van der Waals surface area contributed by atoms with Crippen molar-refractivity contribution in [3.8, 4) is 5.75 Å². The van der Waals surface area contributed by atoms with Crippen molar-refractivity contribution in [2.45, 2.75) is 6.61 Å². The van der Waals surface area contributed by atoms with Gasteiger partial charge in [0.2, 0.25) is 0 Å². The first kappa shape index (κ1) is 20.7. The number of hydrogen-bond donors (Lipinski definition) is 0. The maximum Gasteiger partial charge on any atom is 0.325 e. The van der Waals surface area contributed by atoms with E-state index in [4.69, 9.17) is 4.74 Å². The Balaban J connectivity index is 1.56. The van der Waals surface area contributed by atoms with Crippen molar-refractivity contribution in [3.63, 3.8) is 0 Å². The number of benzene rings is 3. The molecule has 0 N–H and O–H groups in total. The smallest absolute Gasteiger partial charge is 0.325 e. The van der Waals surface area contributed by atoms with Gasteiger partial charge in [-0.15, -0.1) is 0 Å². The summed E-state index contributed by atoms with van der Waals surface area (Å²) in [6.45, 7) is -0.0479. The van der Waals surface area contributed by atoms with E-state index in [1.54, 1.807) is 6.08 Å². The highest BCUT2D eigenvalue weighted by Gasteiger charge is 2.36. The van der Waals surface area contributed by atoms with Crippen molar-refractivity contribution in [3.05, 3.63) is 82.8 Å². The molecule has 0 spiro atoms. The first-order valence-electron chi connectivity index (χ1n) is 9.57. The zero-order valence-corrected chi connectivity index (χ0v) is 17.6. The van der Waals surface area contributed by atoms with Crippen LogP contribution < -0.4 is 4.74 Å². The van der Waals surface area contributed by atoms with Gasteiger partial charge < -0.3 is 9.47 Å². The number of fused-ring (bicyclic) bond motifs is 1. The Labute approximate surface area is 183 Å². The largest absolute Gasteiger partial charge is 0.488 e. The molecule has 0 aromatic heterocycles. The van der Waals surface area contributed by atoms with E-state index in [9.17, 15) is 14.4 Å². The van der Waals surface area contributed by atoms with Gasteiger partial charge in [-0.05, 0) is 40.2 Å². The molecule has 1 aliphatic rings. The number of amides is 2. The van der Waals surface area contributed by atoms with Crippen molar-refractivity contribution in [2.24, 2.45) is 0 Å². The summed E-state index contributed by atoms with van der Waals surface area (Å²) in [5, 5.41) is 1.75. The van der Waals surface area contributed by atoms with Crippen LogP contribution in [0.5, 0.6) is 5.75 Å². The molecule has 3 aromatic rings. The molecule has 7 heteroatoms. The zero-order valence-electron chi connectivity index (χ0n) is 16.7. The third-order valence-electron chi connectivity index (χ3n) is 4.86. The van der Waals surface area contributed by atoms with Crippen LogP contribution in [0.2, 0.25) is 0 Å². The van der Waals surface area contributed by atoms with Gasteiger partial charge >= 0.3 is 5.97 Å². The van der Waals surface area contributed by atoms with E-state index in [1.165, 1.54) is 7.11 Å². The van der Waals surface area contributed by atoms with Crippen molar-refractivity contribution in [1.29, 1.82) is 0 Å². The molecule has 0 saturated carbocycles. The van der Waals surface area contributed by atoms with Crippen LogP contribution in [0.4, 0.5) is 4.79 Å². The van der Waals surface area contributed by atoms with Crippen LogP contribution in [-0.2, 0) is 20.9 Å². The molecule has 1 aliphatic heterocycles. The fraction of sp³-hybridized carbons (Fsp3) is 0.125. The van der Waals surface area contributed by atoms with E-state index >= 15 is 0 Å². The number of thioether (sulfide) groups is 1. The van der Waals surface area contributed by atoms with Gasteiger partial charge in [0.05, 0.1) is 12.0 Å². The predicted octanol–water partition coefficient (Wildman–Crippen LogP) is 4.63.